The molecule has 4 N–H and O–H groups in total. The van der Waals surface area contributed by atoms with Crippen LogP contribution in [0.2, 0.25) is 0 Å². The lowest BCUT2D eigenvalue weighted by atomic mass is 10.0. The first kappa shape index (κ1) is 16.5. The van der Waals surface area contributed by atoms with Crippen molar-refractivity contribution in [3.05, 3.63) is 89.7 Å². The molecule has 132 valence electrons. The first-order chi connectivity index (χ1) is 12.6. The molecule has 0 aliphatic carbocycles. The van der Waals surface area contributed by atoms with E-state index < -0.39 is 0 Å². The maximum Gasteiger partial charge on any atom is 0.123 e. The molecule has 0 spiro atoms. The van der Waals surface area contributed by atoms with E-state index in [2.05, 4.69) is 29.2 Å². The van der Waals surface area contributed by atoms with E-state index in [-0.39, 0.29) is 17.9 Å². The van der Waals surface area contributed by atoms with Gasteiger partial charge in [-0.2, -0.15) is 0 Å². The van der Waals surface area contributed by atoms with Crippen LogP contribution in [0, 0.1) is 5.82 Å². The lowest BCUT2D eigenvalue weighted by Gasteiger charge is -2.33. The molecule has 1 aliphatic rings. The summed E-state index contributed by atoms with van der Waals surface area (Å²) < 4.78 is 13.5. The molecule has 2 atom stereocenters. The fourth-order valence-corrected chi connectivity index (χ4v) is 3.88. The first-order valence-corrected chi connectivity index (χ1v) is 8.86. The monoisotopic (exact) mass is 347 g/mol. The Morgan fingerprint density at radius 2 is 1.08 bits per heavy atom. The number of rotatable bonds is 3. The van der Waals surface area contributed by atoms with Gasteiger partial charge in [-0.05, 0) is 72.5 Å². The van der Waals surface area contributed by atoms with Gasteiger partial charge >= 0.3 is 0 Å². The summed E-state index contributed by atoms with van der Waals surface area (Å²) in [5, 5.41) is 0. The summed E-state index contributed by atoms with van der Waals surface area (Å²) in [6.07, 6.45) is 2.05. The van der Waals surface area contributed by atoms with Gasteiger partial charge in [0, 0.05) is 17.1 Å². The highest BCUT2D eigenvalue weighted by Crippen LogP contribution is 2.47. The smallest absolute Gasteiger partial charge is 0.123 e. The van der Waals surface area contributed by atoms with Gasteiger partial charge in [0.1, 0.15) is 5.82 Å². The van der Waals surface area contributed by atoms with Crippen LogP contribution in [0.1, 0.15) is 36.1 Å². The number of benzene rings is 3. The van der Waals surface area contributed by atoms with Crippen molar-refractivity contribution in [2.45, 2.75) is 24.9 Å². The van der Waals surface area contributed by atoms with Gasteiger partial charge in [-0.15, -0.1) is 0 Å². The molecule has 3 nitrogen and oxygen atoms in total. The minimum absolute atomic E-state index is 0.221. The van der Waals surface area contributed by atoms with Crippen LogP contribution < -0.4 is 16.4 Å². The average molecular weight is 347 g/mol. The third kappa shape index (κ3) is 3.10. The fraction of sp³-hybridized carbons (Fsp3) is 0.182. The molecule has 26 heavy (non-hydrogen) atoms. The Hall–Kier alpha value is -3.01. The summed E-state index contributed by atoms with van der Waals surface area (Å²) in [4.78, 5) is 2.39. The van der Waals surface area contributed by atoms with Gasteiger partial charge < -0.3 is 16.4 Å². The highest BCUT2D eigenvalue weighted by Gasteiger charge is 2.35. The van der Waals surface area contributed by atoms with Gasteiger partial charge in [0.25, 0.3) is 0 Å². The Balaban J connectivity index is 1.75. The van der Waals surface area contributed by atoms with E-state index >= 15 is 0 Å². The second-order valence-electron chi connectivity index (χ2n) is 6.83. The Bertz CT molecular complexity index is 819. The Morgan fingerprint density at radius 3 is 1.50 bits per heavy atom. The zero-order valence-corrected chi connectivity index (χ0v) is 14.5. The lowest BCUT2D eigenvalue weighted by molar-refractivity contribution is 0.625. The van der Waals surface area contributed by atoms with Crippen molar-refractivity contribution in [3.63, 3.8) is 0 Å². The molecule has 1 heterocycles. The molecule has 3 aromatic rings. The molecule has 1 aliphatic heterocycles. The maximum atomic E-state index is 13.5. The van der Waals surface area contributed by atoms with Gasteiger partial charge in [-0.25, -0.2) is 4.39 Å². The SMILES string of the molecule is Nc1ccc(C2CC[C@H](c3ccc(N)cc3)N2c2ccc(F)cc2)cc1. The van der Waals surface area contributed by atoms with Crippen molar-refractivity contribution < 1.29 is 4.39 Å². The fourth-order valence-electron chi connectivity index (χ4n) is 3.88. The Morgan fingerprint density at radius 1 is 0.654 bits per heavy atom. The topological polar surface area (TPSA) is 55.3 Å². The van der Waals surface area contributed by atoms with Crippen molar-refractivity contribution in [2.24, 2.45) is 0 Å². The van der Waals surface area contributed by atoms with Crippen LogP contribution in [0.4, 0.5) is 21.5 Å². The quantitative estimate of drug-likeness (QED) is 0.650. The van der Waals surface area contributed by atoms with Gasteiger partial charge in [0.05, 0.1) is 12.1 Å². The summed E-state index contributed by atoms with van der Waals surface area (Å²) in [5.41, 5.74) is 16.7. The van der Waals surface area contributed by atoms with Crippen molar-refractivity contribution in [1.29, 1.82) is 0 Å². The van der Waals surface area contributed by atoms with Crippen LogP contribution in [0.3, 0.4) is 0 Å². The number of hydrogen-bond acceptors (Lipinski definition) is 3. The van der Waals surface area contributed by atoms with Crippen LogP contribution >= 0.6 is 0 Å². The summed E-state index contributed by atoms with van der Waals surface area (Å²) in [7, 11) is 0. The van der Waals surface area contributed by atoms with Crippen LogP contribution in [-0.2, 0) is 0 Å². The molecular weight excluding hydrogens is 325 g/mol. The van der Waals surface area contributed by atoms with E-state index in [9.17, 15) is 4.39 Å². The molecule has 1 unspecified atom stereocenters. The molecule has 1 saturated heterocycles. The summed E-state index contributed by atoms with van der Waals surface area (Å²) in [6, 6.07) is 23.3. The number of anilines is 3. The van der Waals surface area contributed by atoms with Crippen molar-refractivity contribution >= 4 is 17.1 Å². The Kier molecular flexibility index (Phi) is 4.25. The van der Waals surface area contributed by atoms with Gasteiger partial charge in [0.15, 0.2) is 0 Å². The predicted molar refractivity (Wildman–Crippen MR) is 105 cm³/mol. The minimum atomic E-state index is -0.221. The van der Waals surface area contributed by atoms with E-state index in [1.165, 1.54) is 23.3 Å². The molecule has 4 heteroatoms. The van der Waals surface area contributed by atoms with E-state index in [0.717, 1.165) is 29.9 Å². The predicted octanol–water partition coefficient (Wildman–Crippen LogP) is 5.07. The van der Waals surface area contributed by atoms with Crippen molar-refractivity contribution in [2.75, 3.05) is 16.4 Å². The summed E-state index contributed by atoms with van der Waals surface area (Å²) in [6.45, 7) is 0. The molecule has 4 rings (SSSR count). The second kappa shape index (κ2) is 6.71. The molecule has 0 bridgehead atoms. The van der Waals surface area contributed by atoms with Gasteiger partial charge in [-0.1, -0.05) is 24.3 Å². The third-order valence-electron chi connectivity index (χ3n) is 5.15. The molecule has 0 aromatic heterocycles. The van der Waals surface area contributed by atoms with Crippen molar-refractivity contribution in [1.82, 2.24) is 0 Å². The number of nitrogens with zero attached hydrogens (tertiary/aromatic N) is 1. The zero-order chi connectivity index (χ0) is 18.1. The van der Waals surface area contributed by atoms with E-state index in [1.54, 1.807) is 0 Å². The van der Waals surface area contributed by atoms with Crippen LogP contribution in [0.15, 0.2) is 72.8 Å². The molecule has 0 saturated carbocycles. The lowest BCUT2D eigenvalue weighted by Crippen LogP contribution is -2.26. The van der Waals surface area contributed by atoms with E-state index in [1.807, 2.05) is 36.4 Å². The normalized spacial score (nSPS) is 19.7. The largest absolute Gasteiger partial charge is 0.399 e. The zero-order valence-electron chi connectivity index (χ0n) is 14.5. The molecule has 3 aromatic carbocycles. The third-order valence-corrected chi connectivity index (χ3v) is 5.15. The highest BCUT2D eigenvalue weighted by molar-refractivity contribution is 5.55. The van der Waals surface area contributed by atoms with Gasteiger partial charge in [-0.3, -0.25) is 0 Å². The second-order valence-corrected chi connectivity index (χ2v) is 6.83. The first-order valence-electron chi connectivity index (χ1n) is 8.86. The van der Waals surface area contributed by atoms with Crippen LogP contribution in [0.5, 0.6) is 0 Å². The number of nitrogens with two attached hydrogens (primary N) is 2. The van der Waals surface area contributed by atoms with Crippen LogP contribution in [-0.4, -0.2) is 0 Å². The Labute approximate surface area is 153 Å². The standard InChI is InChI=1S/C22H22FN3/c23-17-5-11-20(12-6-17)26-21(15-1-7-18(24)8-2-15)13-14-22(26)16-3-9-19(25)10-4-16/h1-12,21-22H,13-14,24-25H2/t21-,22?/m1/s1. The number of halogens is 1. The molecular formula is C22H22FN3. The van der Waals surface area contributed by atoms with Crippen molar-refractivity contribution in [3.8, 4) is 0 Å². The number of hydrogen-bond donors (Lipinski definition) is 2. The van der Waals surface area contributed by atoms with Gasteiger partial charge in [0.2, 0.25) is 0 Å². The number of nitrogen functional groups attached to an aromatic ring is 2. The van der Waals surface area contributed by atoms with E-state index in [4.69, 9.17) is 11.5 Å². The molecule has 0 amide bonds. The highest BCUT2D eigenvalue weighted by atomic mass is 19.1. The average Bonchev–Trinajstić information content (AvgIpc) is 3.08. The van der Waals surface area contributed by atoms with E-state index in [0.29, 0.717) is 0 Å². The van der Waals surface area contributed by atoms with Crippen LogP contribution in [0.25, 0.3) is 0 Å². The minimum Gasteiger partial charge on any atom is -0.399 e. The molecule has 1 fully saturated rings. The summed E-state index contributed by atoms with van der Waals surface area (Å²) >= 11 is 0. The summed E-state index contributed by atoms with van der Waals surface area (Å²) in [5.74, 6) is -0.221. The maximum absolute atomic E-state index is 13.5. The molecule has 0 radical (unpaired) electrons.